The van der Waals surface area contributed by atoms with Gasteiger partial charge in [0.05, 0.1) is 24.4 Å². The minimum atomic E-state index is -0.925. The van der Waals surface area contributed by atoms with Gasteiger partial charge in [-0.15, -0.1) is 0 Å². The van der Waals surface area contributed by atoms with Gasteiger partial charge in [-0.05, 0) is 56.0 Å². The van der Waals surface area contributed by atoms with Crippen molar-refractivity contribution >= 4 is 34.4 Å². The first-order valence-electron chi connectivity index (χ1n) is 9.94. The fourth-order valence-corrected chi connectivity index (χ4v) is 4.84. The fourth-order valence-electron chi connectivity index (χ4n) is 4.84. The number of allylic oxidation sites excluding steroid dienone is 1. The molecule has 1 aromatic carbocycles. The smallest absolute Gasteiger partial charge is 0.337 e. The number of carbonyl (C=O) groups is 2. The van der Waals surface area contributed by atoms with E-state index in [0.29, 0.717) is 42.9 Å². The number of carbonyl (C=O) groups excluding carboxylic acids is 1. The average molecular weight is 393 g/mol. The van der Waals surface area contributed by atoms with E-state index in [-0.39, 0.29) is 11.9 Å². The number of morpholine rings is 1. The zero-order chi connectivity index (χ0) is 20.3. The maximum atomic E-state index is 12.9. The number of aromatic amines is 1. The highest BCUT2D eigenvalue weighted by atomic mass is 16.5. The molecule has 7 heteroatoms. The summed E-state index contributed by atoms with van der Waals surface area (Å²) < 4.78 is 5.55. The summed E-state index contributed by atoms with van der Waals surface area (Å²) in [6, 6.07) is 6.33. The summed E-state index contributed by atoms with van der Waals surface area (Å²) >= 11 is 0. The van der Waals surface area contributed by atoms with E-state index in [2.05, 4.69) is 28.2 Å². The van der Waals surface area contributed by atoms with Gasteiger partial charge < -0.3 is 25.0 Å². The van der Waals surface area contributed by atoms with Gasteiger partial charge in [-0.3, -0.25) is 4.79 Å². The molecular weight excluding hydrogens is 370 g/mol. The first kappa shape index (κ1) is 18.0. The molecule has 1 amide bonds. The Balaban J connectivity index is 1.63. The van der Waals surface area contributed by atoms with Gasteiger partial charge >= 0.3 is 5.97 Å². The van der Waals surface area contributed by atoms with Gasteiger partial charge in [0.2, 0.25) is 0 Å². The van der Waals surface area contributed by atoms with Crippen molar-refractivity contribution in [2.24, 2.45) is 0 Å². The van der Waals surface area contributed by atoms with Crippen molar-refractivity contribution in [2.45, 2.75) is 32.7 Å². The predicted octanol–water partition coefficient (Wildman–Crippen LogP) is 3.06. The van der Waals surface area contributed by atoms with Crippen molar-refractivity contribution in [2.75, 3.05) is 30.0 Å². The van der Waals surface area contributed by atoms with Crippen molar-refractivity contribution in [3.8, 4) is 0 Å². The van der Waals surface area contributed by atoms with Gasteiger partial charge in [0.25, 0.3) is 5.91 Å². The normalized spacial score (nSPS) is 23.2. The van der Waals surface area contributed by atoms with Gasteiger partial charge in [-0.2, -0.15) is 0 Å². The Morgan fingerprint density at radius 3 is 2.90 bits per heavy atom. The largest absolute Gasteiger partial charge is 0.478 e. The molecule has 1 saturated heterocycles. The molecule has 1 atom stereocenters. The van der Waals surface area contributed by atoms with Gasteiger partial charge in [0.1, 0.15) is 0 Å². The number of rotatable bonds is 2. The Labute approximate surface area is 168 Å². The molecule has 150 valence electrons. The van der Waals surface area contributed by atoms with Crippen LogP contribution in [0.25, 0.3) is 11.1 Å². The molecule has 0 radical (unpaired) electrons. The second-order valence-corrected chi connectivity index (χ2v) is 7.94. The third-order valence-corrected chi connectivity index (χ3v) is 6.18. The number of hydrogen-bond donors (Lipinski definition) is 3. The van der Waals surface area contributed by atoms with Crippen LogP contribution < -0.4 is 10.2 Å². The number of nitrogens with one attached hydrogen (secondary N) is 2. The van der Waals surface area contributed by atoms with Crippen LogP contribution in [0.15, 0.2) is 18.2 Å². The Bertz CT molecular complexity index is 1080. The molecule has 2 aliphatic heterocycles. The highest BCUT2D eigenvalue weighted by molar-refractivity contribution is 6.37. The van der Waals surface area contributed by atoms with Crippen molar-refractivity contribution in [3.05, 3.63) is 46.3 Å². The summed E-state index contributed by atoms with van der Waals surface area (Å²) in [5, 5.41) is 12.5. The number of ether oxygens (including phenoxy) is 1. The lowest BCUT2D eigenvalue weighted by Crippen LogP contribution is -2.43. The van der Waals surface area contributed by atoms with Crippen LogP contribution in [-0.4, -0.2) is 47.8 Å². The predicted molar refractivity (Wildman–Crippen MR) is 110 cm³/mol. The Hall–Kier alpha value is -3.06. The first-order valence-corrected chi connectivity index (χ1v) is 9.94. The number of carboxylic acid groups (broad SMARTS) is 1. The molecule has 0 unspecified atom stereocenters. The van der Waals surface area contributed by atoms with Gasteiger partial charge in [0, 0.05) is 40.9 Å². The van der Waals surface area contributed by atoms with Crippen LogP contribution in [0.4, 0.5) is 11.4 Å². The first-order chi connectivity index (χ1) is 14.0. The molecule has 1 aliphatic carbocycles. The van der Waals surface area contributed by atoms with E-state index in [1.54, 1.807) is 6.92 Å². The molecule has 7 nitrogen and oxygen atoms in total. The SMILES string of the molecule is Cc1[nH]c2c(c1C(=O)O)CC/C2=C1/C(=O)Nc2ccc(N3CCOC[C@@H]3C)cc21. The van der Waals surface area contributed by atoms with Crippen LogP contribution in [0, 0.1) is 6.92 Å². The highest BCUT2D eigenvalue weighted by Crippen LogP contribution is 2.45. The number of hydrogen-bond acceptors (Lipinski definition) is 4. The summed E-state index contributed by atoms with van der Waals surface area (Å²) in [5.41, 5.74) is 6.88. The van der Waals surface area contributed by atoms with Crippen LogP contribution >= 0.6 is 0 Å². The van der Waals surface area contributed by atoms with E-state index < -0.39 is 5.97 Å². The number of amides is 1. The van der Waals surface area contributed by atoms with E-state index in [0.717, 1.165) is 40.3 Å². The Morgan fingerprint density at radius 1 is 1.31 bits per heavy atom. The van der Waals surface area contributed by atoms with Crippen LogP contribution in [0.3, 0.4) is 0 Å². The molecule has 0 saturated carbocycles. The van der Waals surface area contributed by atoms with Gasteiger partial charge in [-0.1, -0.05) is 0 Å². The molecular formula is C22H23N3O4. The lowest BCUT2D eigenvalue weighted by atomic mass is 9.98. The number of benzene rings is 1. The lowest BCUT2D eigenvalue weighted by Gasteiger charge is -2.35. The van der Waals surface area contributed by atoms with E-state index in [1.807, 2.05) is 12.1 Å². The molecule has 0 bridgehead atoms. The van der Waals surface area contributed by atoms with Crippen molar-refractivity contribution in [3.63, 3.8) is 0 Å². The molecule has 2 aromatic rings. The average Bonchev–Trinajstić information content (AvgIpc) is 3.31. The van der Waals surface area contributed by atoms with E-state index in [9.17, 15) is 14.7 Å². The number of nitrogens with zero attached hydrogens (tertiary/aromatic N) is 1. The fraction of sp³-hybridized carbons (Fsp3) is 0.364. The number of aryl methyl sites for hydroxylation is 1. The number of carboxylic acids is 1. The summed E-state index contributed by atoms with van der Waals surface area (Å²) in [4.78, 5) is 30.1. The lowest BCUT2D eigenvalue weighted by molar-refractivity contribution is -0.110. The zero-order valence-electron chi connectivity index (χ0n) is 16.5. The number of anilines is 2. The Kier molecular flexibility index (Phi) is 4.03. The standard InChI is InChI=1S/C22H23N3O4/c1-11-10-29-8-7-25(11)13-3-6-17-16(9-13)19(21(26)24-17)15-5-4-14-18(22(27)28)12(2)23-20(14)15/h3,6,9,11,23H,4-5,7-8,10H2,1-2H3,(H,24,26)(H,27,28)/b19-15-/t11-/m0/s1. The van der Waals surface area contributed by atoms with Crippen molar-refractivity contribution < 1.29 is 19.4 Å². The van der Waals surface area contributed by atoms with Crippen LogP contribution in [0.2, 0.25) is 0 Å². The maximum absolute atomic E-state index is 12.9. The number of aromatic carboxylic acids is 1. The quantitative estimate of drug-likeness (QED) is 0.682. The van der Waals surface area contributed by atoms with Gasteiger partial charge in [-0.25, -0.2) is 4.79 Å². The zero-order valence-corrected chi connectivity index (χ0v) is 16.5. The summed E-state index contributed by atoms with van der Waals surface area (Å²) in [7, 11) is 0. The second kappa shape index (κ2) is 6.49. The molecule has 29 heavy (non-hydrogen) atoms. The molecule has 1 fully saturated rings. The second-order valence-electron chi connectivity index (χ2n) is 7.94. The molecule has 5 rings (SSSR count). The minimum Gasteiger partial charge on any atom is -0.478 e. The van der Waals surface area contributed by atoms with E-state index >= 15 is 0 Å². The highest BCUT2D eigenvalue weighted by Gasteiger charge is 2.35. The van der Waals surface area contributed by atoms with Gasteiger partial charge in [0.15, 0.2) is 0 Å². The summed E-state index contributed by atoms with van der Waals surface area (Å²) in [6.45, 7) is 6.09. The van der Waals surface area contributed by atoms with Crippen molar-refractivity contribution in [1.82, 2.24) is 4.98 Å². The molecule has 1 aromatic heterocycles. The Morgan fingerprint density at radius 2 is 2.14 bits per heavy atom. The third kappa shape index (κ3) is 2.68. The van der Waals surface area contributed by atoms with Crippen LogP contribution in [0.1, 0.15) is 46.2 Å². The third-order valence-electron chi connectivity index (χ3n) is 6.18. The monoisotopic (exact) mass is 393 g/mol. The molecule has 3 aliphatic rings. The summed E-state index contributed by atoms with van der Waals surface area (Å²) in [6.07, 6.45) is 1.28. The van der Waals surface area contributed by atoms with Crippen LogP contribution in [0.5, 0.6) is 0 Å². The maximum Gasteiger partial charge on any atom is 0.337 e. The minimum absolute atomic E-state index is 0.126. The molecule has 0 spiro atoms. The number of H-pyrrole nitrogens is 1. The molecule has 3 heterocycles. The number of fused-ring (bicyclic) bond motifs is 2. The van der Waals surface area contributed by atoms with Crippen molar-refractivity contribution in [1.29, 1.82) is 0 Å². The number of aromatic nitrogens is 1. The topological polar surface area (TPSA) is 94.7 Å². The summed E-state index contributed by atoms with van der Waals surface area (Å²) in [5.74, 6) is -1.05. The van der Waals surface area contributed by atoms with E-state index in [1.165, 1.54) is 0 Å². The van der Waals surface area contributed by atoms with E-state index in [4.69, 9.17) is 4.74 Å². The molecule has 3 N–H and O–H groups in total. The van der Waals surface area contributed by atoms with Crippen LogP contribution in [-0.2, 0) is 16.0 Å².